The first-order chi connectivity index (χ1) is 10.6. The molecule has 0 aromatic heterocycles. The molecule has 2 rings (SSSR count). The van der Waals surface area contributed by atoms with Crippen molar-refractivity contribution >= 4 is 23.9 Å². The van der Waals surface area contributed by atoms with Gasteiger partial charge in [-0.25, -0.2) is 4.79 Å². The maximum atomic E-state index is 11.7. The molecule has 0 atom stereocenters. The van der Waals surface area contributed by atoms with E-state index in [1.54, 1.807) is 36.4 Å². The highest BCUT2D eigenvalue weighted by Gasteiger charge is 2.10. The lowest BCUT2D eigenvalue weighted by Gasteiger charge is -2.03. The summed E-state index contributed by atoms with van der Waals surface area (Å²) in [6.07, 6.45) is 2.80. The fraction of sp³-hybridized carbons (Fsp3) is 0. The molecule has 22 heavy (non-hydrogen) atoms. The first kappa shape index (κ1) is 15.2. The number of carbonyl (C=O) groups is 3. The van der Waals surface area contributed by atoms with Gasteiger partial charge in [-0.3, -0.25) is 20.2 Å². The van der Waals surface area contributed by atoms with Gasteiger partial charge in [0, 0.05) is 11.6 Å². The summed E-state index contributed by atoms with van der Waals surface area (Å²) in [6.45, 7) is 0. The highest BCUT2D eigenvalue weighted by molar-refractivity contribution is 6.10. The summed E-state index contributed by atoms with van der Waals surface area (Å²) in [7, 11) is 0. The van der Waals surface area contributed by atoms with Crippen LogP contribution in [0.5, 0.6) is 0 Å². The molecule has 0 saturated carbocycles. The molecule has 0 saturated heterocycles. The summed E-state index contributed by atoms with van der Waals surface area (Å²) in [6, 6.07) is 16.6. The molecule has 0 aliphatic carbocycles. The lowest BCUT2D eigenvalue weighted by atomic mass is 10.2. The van der Waals surface area contributed by atoms with Crippen molar-refractivity contribution in [2.45, 2.75) is 0 Å². The maximum Gasteiger partial charge on any atom is 0.328 e. The monoisotopic (exact) mass is 294 g/mol. The van der Waals surface area contributed by atoms with E-state index in [1.165, 1.54) is 6.08 Å². The van der Waals surface area contributed by atoms with Gasteiger partial charge in [-0.05, 0) is 23.8 Å². The molecule has 5 heteroatoms. The minimum atomic E-state index is -0.864. The van der Waals surface area contributed by atoms with Crippen molar-refractivity contribution in [3.05, 3.63) is 77.9 Å². The van der Waals surface area contributed by atoms with Crippen LogP contribution in [0.25, 0.3) is 6.08 Å². The second-order valence-electron chi connectivity index (χ2n) is 4.38. The largest absolute Gasteiger partial charge is 0.328 e. The van der Waals surface area contributed by atoms with Crippen molar-refractivity contribution in [3.8, 4) is 0 Å². The zero-order valence-electron chi connectivity index (χ0n) is 11.7. The Morgan fingerprint density at radius 1 is 0.773 bits per heavy atom. The van der Waals surface area contributed by atoms with E-state index in [-0.39, 0.29) is 0 Å². The zero-order chi connectivity index (χ0) is 15.8. The first-order valence-electron chi connectivity index (χ1n) is 6.59. The molecule has 2 aromatic rings. The van der Waals surface area contributed by atoms with Crippen molar-refractivity contribution in [1.29, 1.82) is 0 Å². The molecular formula is C17H14N2O3. The molecule has 0 radical (unpaired) electrons. The number of rotatable bonds is 3. The molecule has 5 nitrogen and oxygen atoms in total. The second kappa shape index (κ2) is 7.54. The molecule has 2 aromatic carbocycles. The molecular weight excluding hydrogens is 280 g/mol. The third-order valence-corrected chi connectivity index (χ3v) is 2.73. The van der Waals surface area contributed by atoms with Crippen LogP contribution in [0.2, 0.25) is 0 Å². The topological polar surface area (TPSA) is 75.3 Å². The van der Waals surface area contributed by atoms with E-state index in [2.05, 4.69) is 10.6 Å². The van der Waals surface area contributed by atoms with Crippen LogP contribution in [-0.4, -0.2) is 17.8 Å². The Balaban J connectivity index is 1.85. The van der Waals surface area contributed by atoms with Crippen molar-refractivity contribution < 1.29 is 14.4 Å². The molecule has 0 bridgehead atoms. The molecule has 110 valence electrons. The molecule has 0 aliphatic heterocycles. The third-order valence-electron chi connectivity index (χ3n) is 2.73. The SMILES string of the molecule is O=C(/C=C/c1ccccc1)NC(=O)NC(=O)c1ccccc1. The predicted octanol–water partition coefficient (Wildman–Crippen LogP) is 2.37. The van der Waals surface area contributed by atoms with E-state index < -0.39 is 17.8 Å². The van der Waals surface area contributed by atoms with Gasteiger partial charge < -0.3 is 0 Å². The number of benzene rings is 2. The Morgan fingerprint density at radius 2 is 1.36 bits per heavy atom. The number of hydrogen-bond donors (Lipinski definition) is 2. The molecule has 2 N–H and O–H groups in total. The molecule has 0 unspecified atom stereocenters. The highest BCUT2D eigenvalue weighted by atomic mass is 16.2. The van der Waals surface area contributed by atoms with Gasteiger partial charge in [-0.2, -0.15) is 0 Å². The average Bonchev–Trinajstić information content (AvgIpc) is 2.54. The normalized spacial score (nSPS) is 10.2. The summed E-state index contributed by atoms with van der Waals surface area (Å²) in [4.78, 5) is 34.8. The van der Waals surface area contributed by atoms with Gasteiger partial charge in [0.15, 0.2) is 0 Å². The standard InChI is InChI=1S/C17H14N2O3/c20-15(12-11-13-7-3-1-4-8-13)18-17(22)19-16(21)14-9-5-2-6-10-14/h1-12H,(H2,18,19,20,21,22)/b12-11+. The lowest BCUT2D eigenvalue weighted by molar-refractivity contribution is -0.115. The number of amides is 4. The Bertz CT molecular complexity index is 694. The highest BCUT2D eigenvalue weighted by Crippen LogP contribution is 2.00. The van der Waals surface area contributed by atoms with E-state index in [1.807, 2.05) is 30.3 Å². The van der Waals surface area contributed by atoms with Crippen LogP contribution in [0.4, 0.5) is 4.79 Å². The van der Waals surface area contributed by atoms with E-state index in [0.717, 1.165) is 5.56 Å². The fourth-order valence-electron chi connectivity index (χ4n) is 1.69. The van der Waals surface area contributed by atoms with Gasteiger partial charge in [0.1, 0.15) is 0 Å². The summed E-state index contributed by atoms with van der Waals surface area (Å²) in [5.41, 5.74) is 1.17. The Morgan fingerprint density at radius 3 is 2.00 bits per heavy atom. The van der Waals surface area contributed by atoms with Crippen molar-refractivity contribution in [2.24, 2.45) is 0 Å². The van der Waals surface area contributed by atoms with Crippen molar-refractivity contribution in [1.82, 2.24) is 10.6 Å². The maximum absolute atomic E-state index is 11.7. The first-order valence-corrected chi connectivity index (χ1v) is 6.59. The van der Waals surface area contributed by atoms with Crippen molar-refractivity contribution in [3.63, 3.8) is 0 Å². The smallest absolute Gasteiger partial charge is 0.274 e. The van der Waals surface area contributed by atoms with Gasteiger partial charge in [0.05, 0.1) is 0 Å². The summed E-state index contributed by atoms with van der Waals surface area (Å²) in [5.74, 6) is -1.18. The Kier molecular flexibility index (Phi) is 5.20. The predicted molar refractivity (Wildman–Crippen MR) is 82.9 cm³/mol. The van der Waals surface area contributed by atoms with E-state index in [4.69, 9.17) is 0 Å². The molecule has 0 spiro atoms. The molecule has 4 amide bonds. The van der Waals surface area contributed by atoms with Crippen LogP contribution in [0.15, 0.2) is 66.7 Å². The van der Waals surface area contributed by atoms with Crippen LogP contribution >= 0.6 is 0 Å². The van der Waals surface area contributed by atoms with E-state index in [9.17, 15) is 14.4 Å². The van der Waals surface area contributed by atoms with E-state index >= 15 is 0 Å². The number of carbonyl (C=O) groups excluding carboxylic acids is 3. The molecule has 0 aliphatic rings. The van der Waals surface area contributed by atoms with Crippen LogP contribution in [0.1, 0.15) is 15.9 Å². The van der Waals surface area contributed by atoms with Gasteiger partial charge in [0.2, 0.25) is 0 Å². The zero-order valence-corrected chi connectivity index (χ0v) is 11.7. The quantitative estimate of drug-likeness (QED) is 0.853. The average molecular weight is 294 g/mol. The second-order valence-corrected chi connectivity index (χ2v) is 4.38. The van der Waals surface area contributed by atoms with Gasteiger partial charge in [-0.15, -0.1) is 0 Å². The molecule has 0 heterocycles. The summed E-state index contributed by atoms with van der Waals surface area (Å²) in [5, 5.41) is 4.14. The number of hydrogen-bond acceptors (Lipinski definition) is 3. The van der Waals surface area contributed by atoms with Crippen LogP contribution in [-0.2, 0) is 4.79 Å². The lowest BCUT2D eigenvalue weighted by Crippen LogP contribution is -2.41. The fourth-order valence-corrected chi connectivity index (χ4v) is 1.69. The Labute approximate surface area is 127 Å². The molecule has 0 fully saturated rings. The van der Waals surface area contributed by atoms with Gasteiger partial charge in [0.25, 0.3) is 11.8 Å². The van der Waals surface area contributed by atoms with Crippen LogP contribution in [0, 0.1) is 0 Å². The van der Waals surface area contributed by atoms with Crippen LogP contribution < -0.4 is 10.6 Å². The minimum absolute atomic E-state index is 0.338. The van der Waals surface area contributed by atoms with Crippen molar-refractivity contribution in [2.75, 3.05) is 0 Å². The van der Waals surface area contributed by atoms with E-state index in [0.29, 0.717) is 5.56 Å². The van der Waals surface area contributed by atoms with Gasteiger partial charge >= 0.3 is 6.03 Å². The number of urea groups is 1. The summed E-state index contributed by atoms with van der Waals surface area (Å²) >= 11 is 0. The third kappa shape index (κ3) is 4.72. The van der Waals surface area contributed by atoms with Crippen LogP contribution in [0.3, 0.4) is 0 Å². The number of nitrogens with one attached hydrogen (secondary N) is 2. The minimum Gasteiger partial charge on any atom is -0.274 e. The summed E-state index contributed by atoms with van der Waals surface area (Å²) < 4.78 is 0. The Hall–Kier alpha value is -3.21. The van der Waals surface area contributed by atoms with Gasteiger partial charge in [-0.1, -0.05) is 48.5 Å². The number of imide groups is 2.